The van der Waals surface area contributed by atoms with E-state index in [-0.39, 0.29) is 0 Å². The second-order valence-corrected chi connectivity index (χ2v) is 5.61. The van der Waals surface area contributed by atoms with Crippen molar-refractivity contribution in [3.63, 3.8) is 0 Å². The second-order valence-electron chi connectivity index (χ2n) is 5.61. The Morgan fingerprint density at radius 1 is 1.25 bits per heavy atom. The normalized spacial score (nSPS) is 22.5. The van der Waals surface area contributed by atoms with Crippen LogP contribution in [0.15, 0.2) is 0 Å². The van der Waals surface area contributed by atoms with Gasteiger partial charge in [0, 0.05) is 25.2 Å². The predicted octanol–water partition coefficient (Wildman–Crippen LogP) is 2.89. The molecule has 1 saturated heterocycles. The van der Waals surface area contributed by atoms with Crippen LogP contribution in [-0.2, 0) is 0 Å². The van der Waals surface area contributed by atoms with Crippen LogP contribution in [-0.4, -0.2) is 36.6 Å². The Bertz CT molecular complexity index is 176. The van der Waals surface area contributed by atoms with E-state index in [0.717, 1.165) is 18.0 Å². The van der Waals surface area contributed by atoms with E-state index in [1.165, 1.54) is 45.3 Å². The molecule has 1 rings (SSSR count). The zero-order valence-electron chi connectivity index (χ0n) is 11.6. The lowest BCUT2D eigenvalue weighted by molar-refractivity contribution is 0.216. The van der Waals surface area contributed by atoms with Crippen LogP contribution in [0.5, 0.6) is 0 Å². The first-order valence-corrected chi connectivity index (χ1v) is 7.14. The maximum absolute atomic E-state index is 3.72. The molecule has 2 heteroatoms. The van der Waals surface area contributed by atoms with Crippen molar-refractivity contribution in [1.82, 2.24) is 10.2 Å². The molecule has 0 radical (unpaired) electrons. The van der Waals surface area contributed by atoms with Gasteiger partial charge in [-0.25, -0.2) is 0 Å². The molecule has 1 aliphatic heterocycles. The molecule has 0 amide bonds. The molecule has 0 spiro atoms. The molecule has 0 aromatic rings. The molecule has 0 aromatic carbocycles. The van der Waals surface area contributed by atoms with E-state index in [4.69, 9.17) is 0 Å². The first-order chi connectivity index (χ1) is 7.67. The highest BCUT2D eigenvalue weighted by Gasteiger charge is 2.24. The summed E-state index contributed by atoms with van der Waals surface area (Å²) in [4.78, 5) is 2.68. The van der Waals surface area contributed by atoms with Crippen LogP contribution < -0.4 is 5.32 Å². The van der Waals surface area contributed by atoms with Gasteiger partial charge in [-0.2, -0.15) is 0 Å². The number of hydrogen-bond donors (Lipinski definition) is 1. The van der Waals surface area contributed by atoms with Gasteiger partial charge < -0.3 is 5.32 Å². The van der Waals surface area contributed by atoms with Crippen molar-refractivity contribution in [1.29, 1.82) is 0 Å². The molecule has 0 aromatic heterocycles. The van der Waals surface area contributed by atoms with Gasteiger partial charge in [0.05, 0.1) is 0 Å². The summed E-state index contributed by atoms with van der Waals surface area (Å²) >= 11 is 0. The van der Waals surface area contributed by atoms with Crippen molar-refractivity contribution in [2.45, 2.75) is 65.5 Å². The minimum Gasteiger partial charge on any atom is -0.312 e. The first-order valence-electron chi connectivity index (χ1n) is 7.14. The standard InChI is InChI=1S/C14H30N2/c1-5-13(6-2)15-10-14-8-7-9-16(14)11-12(3)4/h12-15H,5-11H2,1-4H3/t14-/m1/s1. The fourth-order valence-electron chi connectivity index (χ4n) is 2.72. The minimum absolute atomic E-state index is 0.724. The van der Waals surface area contributed by atoms with Crippen molar-refractivity contribution >= 4 is 0 Å². The van der Waals surface area contributed by atoms with Gasteiger partial charge in [-0.15, -0.1) is 0 Å². The number of likely N-dealkylation sites (tertiary alicyclic amines) is 1. The summed E-state index contributed by atoms with van der Waals surface area (Å²) in [5.74, 6) is 0.800. The SMILES string of the molecule is CCC(CC)NC[C@H]1CCCN1CC(C)C. The van der Waals surface area contributed by atoms with Crippen molar-refractivity contribution in [3.8, 4) is 0 Å². The fraction of sp³-hybridized carbons (Fsp3) is 1.00. The highest BCUT2D eigenvalue weighted by molar-refractivity contribution is 4.82. The maximum atomic E-state index is 3.72. The molecule has 96 valence electrons. The molecule has 2 nitrogen and oxygen atoms in total. The molecule has 0 aliphatic carbocycles. The molecule has 0 bridgehead atoms. The quantitative estimate of drug-likeness (QED) is 0.718. The summed E-state index contributed by atoms with van der Waals surface area (Å²) in [5.41, 5.74) is 0. The third-order valence-corrected chi connectivity index (χ3v) is 3.73. The lowest BCUT2D eigenvalue weighted by Gasteiger charge is -2.28. The van der Waals surface area contributed by atoms with Crippen molar-refractivity contribution in [3.05, 3.63) is 0 Å². The Morgan fingerprint density at radius 3 is 2.50 bits per heavy atom. The molecule has 1 fully saturated rings. The summed E-state index contributed by atoms with van der Waals surface area (Å²) in [6.07, 6.45) is 5.29. The molecule has 0 saturated carbocycles. The third-order valence-electron chi connectivity index (χ3n) is 3.73. The predicted molar refractivity (Wildman–Crippen MR) is 71.8 cm³/mol. The van der Waals surface area contributed by atoms with Crippen LogP contribution in [0.2, 0.25) is 0 Å². The number of nitrogens with zero attached hydrogens (tertiary/aromatic N) is 1. The van der Waals surface area contributed by atoms with Gasteiger partial charge in [-0.3, -0.25) is 4.90 Å². The summed E-state index contributed by atoms with van der Waals surface area (Å²) < 4.78 is 0. The maximum Gasteiger partial charge on any atom is 0.0221 e. The summed E-state index contributed by atoms with van der Waals surface area (Å²) in [6.45, 7) is 13.0. The van der Waals surface area contributed by atoms with E-state index < -0.39 is 0 Å². The lowest BCUT2D eigenvalue weighted by atomic mass is 10.1. The largest absolute Gasteiger partial charge is 0.312 e. The average Bonchev–Trinajstić information content (AvgIpc) is 2.66. The first kappa shape index (κ1) is 14.0. The molecule has 1 aliphatic rings. The zero-order valence-corrected chi connectivity index (χ0v) is 11.6. The number of hydrogen-bond acceptors (Lipinski definition) is 2. The Labute approximate surface area is 102 Å². The van der Waals surface area contributed by atoms with Gasteiger partial charge in [-0.1, -0.05) is 27.7 Å². The van der Waals surface area contributed by atoms with Gasteiger partial charge in [0.25, 0.3) is 0 Å². The Kier molecular flexibility index (Phi) is 6.37. The van der Waals surface area contributed by atoms with Crippen molar-refractivity contribution in [2.75, 3.05) is 19.6 Å². The van der Waals surface area contributed by atoms with Gasteiger partial charge in [0.15, 0.2) is 0 Å². The third kappa shape index (κ3) is 4.42. The van der Waals surface area contributed by atoms with E-state index in [0.29, 0.717) is 0 Å². The molecular weight excluding hydrogens is 196 g/mol. The van der Waals surface area contributed by atoms with Crippen LogP contribution in [0.3, 0.4) is 0 Å². The van der Waals surface area contributed by atoms with Crippen LogP contribution in [0, 0.1) is 5.92 Å². The fourth-order valence-corrected chi connectivity index (χ4v) is 2.72. The van der Waals surface area contributed by atoms with Crippen LogP contribution in [0.25, 0.3) is 0 Å². The Morgan fingerprint density at radius 2 is 1.94 bits per heavy atom. The lowest BCUT2D eigenvalue weighted by Crippen LogP contribution is -2.42. The van der Waals surface area contributed by atoms with Crippen LogP contribution >= 0.6 is 0 Å². The molecule has 0 unspecified atom stereocenters. The summed E-state index contributed by atoms with van der Waals surface area (Å²) in [6, 6.07) is 1.52. The van der Waals surface area contributed by atoms with Crippen LogP contribution in [0.4, 0.5) is 0 Å². The van der Waals surface area contributed by atoms with E-state index in [1.54, 1.807) is 0 Å². The summed E-state index contributed by atoms with van der Waals surface area (Å²) in [7, 11) is 0. The number of nitrogens with one attached hydrogen (secondary N) is 1. The zero-order chi connectivity index (χ0) is 12.0. The van der Waals surface area contributed by atoms with E-state index in [9.17, 15) is 0 Å². The molecule has 1 heterocycles. The topological polar surface area (TPSA) is 15.3 Å². The second kappa shape index (κ2) is 7.29. The molecule has 1 N–H and O–H groups in total. The van der Waals surface area contributed by atoms with Crippen molar-refractivity contribution in [2.24, 2.45) is 5.92 Å². The Balaban J connectivity index is 2.29. The van der Waals surface area contributed by atoms with Gasteiger partial charge in [0.2, 0.25) is 0 Å². The smallest absolute Gasteiger partial charge is 0.0221 e. The minimum atomic E-state index is 0.724. The van der Waals surface area contributed by atoms with Gasteiger partial charge in [0.1, 0.15) is 0 Å². The molecule has 1 atom stereocenters. The van der Waals surface area contributed by atoms with Gasteiger partial charge >= 0.3 is 0 Å². The number of rotatable bonds is 7. The average molecular weight is 226 g/mol. The van der Waals surface area contributed by atoms with E-state index >= 15 is 0 Å². The monoisotopic (exact) mass is 226 g/mol. The van der Waals surface area contributed by atoms with E-state index in [1.807, 2.05) is 0 Å². The van der Waals surface area contributed by atoms with E-state index in [2.05, 4.69) is 37.9 Å². The molecule has 16 heavy (non-hydrogen) atoms. The van der Waals surface area contributed by atoms with Gasteiger partial charge in [-0.05, 0) is 38.1 Å². The van der Waals surface area contributed by atoms with Crippen LogP contribution in [0.1, 0.15) is 53.4 Å². The highest BCUT2D eigenvalue weighted by atomic mass is 15.2. The van der Waals surface area contributed by atoms with Crippen molar-refractivity contribution < 1.29 is 0 Å². The summed E-state index contributed by atoms with van der Waals surface area (Å²) in [5, 5.41) is 3.72. The highest BCUT2D eigenvalue weighted by Crippen LogP contribution is 2.18. The Hall–Kier alpha value is -0.0800. The molecular formula is C14H30N2.